The molecule has 0 spiro atoms. The summed E-state index contributed by atoms with van der Waals surface area (Å²) in [6.07, 6.45) is -2.69. The van der Waals surface area contributed by atoms with Crippen molar-refractivity contribution in [2.75, 3.05) is 13.2 Å². The van der Waals surface area contributed by atoms with E-state index in [2.05, 4.69) is 10.3 Å². The highest BCUT2D eigenvalue weighted by Crippen LogP contribution is 2.30. The van der Waals surface area contributed by atoms with Crippen LogP contribution in [0.3, 0.4) is 0 Å². The van der Waals surface area contributed by atoms with Gasteiger partial charge < -0.3 is 9.47 Å². The van der Waals surface area contributed by atoms with E-state index in [4.69, 9.17) is 9.47 Å². The smallest absolute Gasteiger partial charge is 0.416 e. The summed E-state index contributed by atoms with van der Waals surface area (Å²) in [7, 11) is 0. The molecule has 3 aromatic rings. The zero-order valence-corrected chi connectivity index (χ0v) is 17.7. The standard InChI is InChI=1S/C21H20F3N3O3S/c1-3-29-20(28)12-30-19-9-8-18(10-14(19)2)31-13-16-11-27(26-25-16)17-6-4-15(5-7-17)21(22,23)24/h4-11H,3,12-13H2,1-2H3. The minimum absolute atomic E-state index is 0.145. The fourth-order valence-corrected chi connectivity index (χ4v) is 3.54. The van der Waals surface area contributed by atoms with E-state index < -0.39 is 17.7 Å². The van der Waals surface area contributed by atoms with Gasteiger partial charge in [-0.15, -0.1) is 16.9 Å². The molecule has 0 fully saturated rings. The number of esters is 1. The van der Waals surface area contributed by atoms with Gasteiger partial charge in [0, 0.05) is 10.6 Å². The molecule has 0 saturated carbocycles. The number of hydrogen-bond acceptors (Lipinski definition) is 6. The van der Waals surface area contributed by atoms with Gasteiger partial charge in [0.05, 0.1) is 29.7 Å². The first kappa shape index (κ1) is 22.7. The number of carbonyl (C=O) groups is 1. The SMILES string of the molecule is CCOC(=O)COc1ccc(SCc2cn(-c3ccc(C(F)(F)F)cc3)nn2)cc1C. The minimum atomic E-state index is -4.37. The van der Waals surface area contributed by atoms with E-state index in [1.807, 2.05) is 19.1 Å². The van der Waals surface area contributed by atoms with Crippen molar-refractivity contribution in [3.63, 3.8) is 0 Å². The average molecular weight is 451 g/mol. The van der Waals surface area contributed by atoms with Gasteiger partial charge in [0.2, 0.25) is 0 Å². The lowest BCUT2D eigenvalue weighted by molar-refractivity contribution is -0.145. The summed E-state index contributed by atoms with van der Waals surface area (Å²) in [5, 5.41) is 8.07. The molecule has 0 aliphatic carbocycles. The molecule has 31 heavy (non-hydrogen) atoms. The first-order valence-corrected chi connectivity index (χ1v) is 10.4. The van der Waals surface area contributed by atoms with Gasteiger partial charge in [-0.1, -0.05) is 5.21 Å². The summed E-state index contributed by atoms with van der Waals surface area (Å²) < 4.78 is 49.8. The van der Waals surface area contributed by atoms with Crippen LogP contribution in [0.25, 0.3) is 5.69 Å². The van der Waals surface area contributed by atoms with Crippen LogP contribution in [0.1, 0.15) is 23.7 Å². The van der Waals surface area contributed by atoms with E-state index in [1.165, 1.54) is 28.6 Å². The highest BCUT2D eigenvalue weighted by molar-refractivity contribution is 7.98. The van der Waals surface area contributed by atoms with Crippen LogP contribution in [0.15, 0.2) is 53.6 Å². The number of benzene rings is 2. The molecule has 0 atom stereocenters. The highest BCUT2D eigenvalue weighted by Gasteiger charge is 2.30. The number of alkyl halides is 3. The number of nitrogens with zero attached hydrogens (tertiary/aromatic N) is 3. The van der Waals surface area contributed by atoms with Crippen LogP contribution in [-0.2, 0) is 21.5 Å². The van der Waals surface area contributed by atoms with Crippen LogP contribution in [0, 0.1) is 6.92 Å². The van der Waals surface area contributed by atoms with Gasteiger partial charge in [0.1, 0.15) is 5.75 Å². The molecule has 6 nitrogen and oxygen atoms in total. The number of halogens is 3. The minimum Gasteiger partial charge on any atom is -0.482 e. The number of thioether (sulfide) groups is 1. The lowest BCUT2D eigenvalue weighted by Gasteiger charge is -2.10. The fraction of sp³-hybridized carbons (Fsp3) is 0.286. The summed E-state index contributed by atoms with van der Waals surface area (Å²) in [5.41, 5.74) is 1.35. The first-order chi connectivity index (χ1) is 14.8. The van der Waals surface area contributed by atoms with E-state index in [0.29, 0.717) is 29.5 Å². The van der Waals surface area contributed by atoms with E-state index >= 15 is 0 Å². The molecule has 1 aromatic heterocycles. The van der Waals surface area contributed by atoms with Gasteiger partial charge in [-0.25, -0.2) is 9.48 Å². The van der Waals surface area contributed by atoms with E-state index in [-0.39, 0.29) is 6.61 Å². The molecular formula is C21H20F3N3O3S. The second kappa shape index (κ2) is 9.86. The van der Waals surface area contributed by atoms with Gasteiger partial charge in [-0.3, -0.25) is 0 Å². The second-order valence-electron chi connectivity index (χ2n) is 6.51. The van der Waals surface area contributed by atoms with Crippen LogP contribution in [0.4, 0.5) is 13.2 Å². The predicted octanol–water partition coefficient (Wildman–Crippen LogP) is 4.83. The van der Waals surface area contributed by atoms with Crippen molar-refractivity contribution in [3.05, 3.63) is 65.5 Å². The third kappa shape index (κ3) is 6.24. The highest BCUT2D eigenvalue weighted by atomic mass is 32.2. The molecule has 164 valence electrons. The van der Waals surface area contributed by atoms with Crippen molar-refractivity contribution in [2.24, 2.45) is 0 Å². The van der Waals surface area contributed by atoms with E-state index in [9.17, 15) is 18.0 Å². The Labute approximate surface area is 181 Å². The normalized spacial score (nSPS) is 11.4. The Kier molecular flexibility index (Phi) is 7.21. The van der Waals surface area contributed by atoms with Gasteiger partial charge in [0.25, 0.3) is 0 Å². The van der Waals surface area contributed by atoms with E-state index in [1.54, 1.807) is 19.2 Å². The molecule has 0 amide bonds. The van der Waals surface area contributed by atoms with Crippen molar-refractivity contribution in [3.8, 4) is 11.4 Å². The number of carbonyl (C=O) groups excluding carboxylic acids is 1. The molecule has 0 saturated heterocycles. The number of aryl methyl sites for hydroxylation is 1. The average Bonchev–Trinajstić information content (AvgIpc) is 3.20. The van der Waals surface area contributed by atoms with E-state index in [0.717, 1.165) is 22.6 Å². The summed E-state index contributed by atoms with van der Waals surface area (Å²) in [4.78, 5) is 12.4. The lowest BCUT2D eigenvalue weighted by atomic mass is 10.2. The maximum atomic E-state index is 12.7. The van der Waals surface area contributed by atoms with Gasteiger partial charge >= 0.3 is 12.1 Å². The van der Waals surface area contributed by atoms with Gasteiger partial charge in [0.15, 0.2) is 6.61 Å². The largest absolute Gasteiger partial charge is 0.482 e. The first-order valence-electron chi connectivity index (χ1n) is 9.37. The number of ether oxygens (including phenoxy) is 2. The molecule has 3 rings (SSSR count). The molecular weight excluding hydrogens is 431 g/mol. The molecule has 0 bridgehead atoms. The Morgan fingerprint density at radius 2 is 1.90 bits per heavy atom. The maximum Gasteiger partial charge on any atom is 0.416 e. The van der Waals surface area contributed by atoms with Crippen molar-refractivity contribution in [2.45, 2.75) is 30.7 Å². The fourth-order valence-electron chi connectivity index (χ4n) is 2.66. The number of hydrogen-bond donors (Lipinski definition) is 0. The van der Waals surface area contributed by atoms with Crippen LogP contribution < -0.4 is 4.74 Å². The molecule has 0 aliphatic heterocycles. The maximum absolute atomic E-state index is 12.7. The molecule has 10 heteroatoms. The Hall–Kier alpha value is -3.01. The predicted molar refractivity (Wildman–Crippen MR) is 109 cm³/mol. The topological polar surface area (TPSA) is 66.2 Å². The molecule has 2 aromatic carbocycles. The molecule has 0 aliphatic rings. The molecule has 0 radical (unpaired) electrons. The summed E-state index contributed by atoms with van der Waals surface area (Å²) >= 11 is 1.53. The Balaban J connectivity index is 1.58. The zero-order chi connectivity index (χ0) is 22.4. The quantitative estimate of drug-likeness (QED) is 0.361. The van der Waals surface area contributed by atoms with Crippen molar-refractivity contribution < 1.29 is 27.4 Å². The third-order valence-corrected chi connectivity index (χ3v) is 5.21. The van der Waals surface area contributed by atoms with Gasteiger partial charge in [-0.2, -0.15) is 13.2 Å². The van der Waals surface area contributed by atoms with Crippen LogP contribution in [-0.4, -0.2) is 34.2 Å². The van der Waals surface area contributed by atoms with Crippen molar-refractivity contribution in [1.29, 1.82) is 0 Å². The molecule has 0 unspecified atom stereocenters. The zero-order valence-electron chi connectivity index (χ0n) is 16.8. The van der Waals surface area contributed by atoms with Crippen LogP contribution in [0.5, 0.6) is 5.75 Å². The number of aromatic nitrogens is 3. The Bertz CT molecular complexity index is 1040. The Morgan fingerprint density at radius 3 is 2.55 bits per heavy atom. The lowest BCUT2D eigenvalue weighted by Crippen LogP contribution is -2.14. The third-order valence-electron chi connectivity index (χ3n) is 4.18. The molecule has 1 heterocycles. The van der Waals surface area contributed by atoms with Crippen LogP contribution in [0.2, 0.25) is 0 Å². The van der Waals surface area contributed by atoms with Gasteiger partial charge in [-0.05, 0) is 61.9 Å². The van der Waals surface area contributed by atoms with Crippen molar-refractivity contribution >= 4 is 17.7 Å². The monoisotopic (exact) mass is 451 g/mol. The molecule has 0 N–H and O–H groups in total. The van der Waals surface area contributed by atoms with Crippen LogP contribution >= 0.6 is 11.8 Å². The van der Waals surface area contributed by atoms with Crippen molar-refractivity contribution in [1.82, 2.24) is 15.0 Å². The summed E-state index contributed by atoms with van der Waals surface area (Å²) in [5.74, 6) is 0.713. The Morgan fingerprint density at radius 1 is 1.16 bits per heavy atom. The summed E-state index contributed by atoms with van der Waals surface area (Å²) in [6.45, 7) is 3.77. The second-order valence-corrected chi connectivity index (χ2v) is 7.56. The summed E-state index contributed by atoms with van der Waals surface area (Å²) in [6, 6.07) is 10.3. The number of rotatable bonds is 8.